The first kappa shape index (κ1) is 15.6. The molecule has 1 saturated heterocycles. The van der Waals surface area contributed by atoms with Crippen molar-refractivity contribution in [1.29, 1.82) is 0 Å². The van der Waals surface area contributed by atoms with E-state index < -0.39 is 21.2 Å². The molecule has 1 aliphatic heterocycles. The zero-order valence-corrected chi connectivity index (χ0v) is 13.6. The highest BCUT2D eigenvalue weighted by molar-refractivity contribution is 8.01. The number of sulfone groups is 1. The number of aromatic carboxylic acids is 1. The second-order valence-electron chi connectivity index (χ2n) is 4.38. The lowest BCUT2D eigenvalue weighted by Crippen LogP contribution is -2.48. The van der Waals surface area contributed by atoms with E-state index in [0.717, 1.165) is 5.75 Å². The second kappa shape index (κ2) is 5.90. The smallest absolute Gasteiger partial charge is 0.355 e. The standard InChI is InChI=1S/C11H16N2O4S3/c1-3-20(16,17)8-6-18-5-4-13(8)11-12-9(10(14)15)7(2)19-11/h8H,3-6H2,1-2H3,(H,14,15). The van der Waals surface area contributed by atoms with Gasteiger partial charge in [0.15, 0.2) is 20.7 Å². The van der Waals surface area contributed by atoms with Gasteiger partial charge in [-0.1, -0.05) is 6.92 Å². The first-order chi connectivity index (χ1) is 9.36. The van der Waals surface area contributed by atoms with Crippen LogP contribution in [0.25, 0.3) is 0 Å². The maximum atomic E-state index is 12.2. The van der Waals surface area contributed by atoms with Crippen molar-refractivity contribution in [3.05, 3.63) is 10.6 Å². The Labute approximate surface area is 126 Å². The Kier molecular flexibility index (Phi) is 4.60. The van der Waals surface area contributed by atoms with Gasteiger partial charge in [0, 0.05) is 28.7 Å². The number of thiazole rings is 1. The summed E-state index contributed by atoms with van der Waals surface area (Å²) in [7, 11) is -3.22. The number of aromatic nitrogens is 1. The van der Waals surface area contributed by atoms with Gasteiger partial charge in [0.25, 0.3) is 0 Å². The van der Waals surface area contributed by atoms with Crippen molar-refractivity contribution in [2.24, 2.45) is 0 Å². The fraction of sp³-hybridized carbons (Fsp3) is 0.636. The summed E-state index contributed by atoms with van der Waals surface area (Å²) < 4.78 is 24.3. The molecule has 112 valence electrons. The summed E-state index contributed by atoms with van der Waals surface area (Å²) in [5.74, 6) is 0.310. The van der Waals surface area contributed by atoms with Crippen LogP contribution < -0.4 is 4.90 Å². The fourth-order valence-electron chi connectivity index (χ4n) is 1.99. The minimum absolute atomic E-state index is 0.0101. The summed E-state index contributed by atoms with van der Waals surface area (Å²) in [5.41, 5.74) is 0.0101. The number of rotatable bonds is 4. The normalized spacial score (nSPS) is 20.1. The van der Waals surface area contributed by atoms with E-state index in [1.807, 2.05) is 0 Å². The molecule has 1 aromatic rings. The van der Waals surface area contributed by atoms with E-state index in [1.54, 1.807) is 30.5 Å². The molecule has 1 unspecified atom stereocenters. The molecule has 0 bridgehead atoms. The monoisotopic (exact) mass is 336 g/mol. The van der Waals surface area contributed by atoms with Crippen LogP contribution in [0.4, 0.5) is 5.13 Å². The fourth-order valence-corrected chi connectivity index (χ4v) is 6.01. The Balaban J connectivity index is 2.38. The molecule has 1 atom stereocenters. The Morgan fingerprint density at radius 3 is 2.80 bits per heavy atom. The van der Waals surface area contributed by atoms with Crippen LogP contribution >= 0.6 is 23.1 Å². The van der Waals surface area contributed by atoms with Gasteiger partial charge in [-0.3, -0.25) is 0 Å². The lowest BCUT2D eigenvalue weighted by molar-refractivity contribution is 0.0690. The van der Waals surface area contributed by atoms with Crippen molar-refractivity contribution in [1.82, 2.24) is 4.98 Å². The van der Waals surface area contributed by atoms with Crippen LogP contribution in [0.2, 0.25) is 0 Å². The Bertz CT molecular complexity index is 611. The van der Waals surface area contributed by atoms with Crippen molar-refractivity contribution in [2.45, 2.75) is 19.2 Å². The molecule has 0 amide bonds. The van der Waals surface area contributed by atoms with Gasteiger partial charge < -0.3 is 10.0 Å². The topological polar surface area (TPSA) is 87.6 Å². The maximum absolute atomic E-state index is 12.2. The van der Waals surface area contributed by atoms with Crippen LogP contribution in [0.1, 0.15) is 22.3 Å². The third-order valence-corrected chi connectivity index (χ3v) is 7.43. The zero-order valence-electron chi connectivity index (χ0n) is 11.2. The molecule has 2 rings (SSSR count). The first-order valence-electron chi connectivity index (χ1n) is 6.13. The number of nitrogens with zero attached hydrogens (tertiary/aromatic N) is 2. The molecule has 0 spiro atoms. The quantitative estimate of drug-likeness (QED) is 0.890. The molecule has 1 aliphatic rings. The molecule has 2 heterocycles. The van der Waals surface area contributed by atoms with Gasteiger partial charge in [0.1, 0.15) is 5.37 Å². The van der Waals surface area contributed by atoms with Crippen molar-refractivity contribution >= 4 is 44.0 Å². The lowest BCUT2D eigenvalue weighted by atomic mass is 10.4. The number of thioether (sulfide) groups is 1. The van der Waals surface area contributed by atoms with E-state index >= 15 is 0 Å². The van der Waals surface area contributed by atoms with Gasteiger partial charge in [-0.25, -0.2) is 18.2 Å². The van der Waals surface area contributed by atoms with Gasteiger partial charge in [-0.2, -0.15) is 11.8 Å². The highest BCUT2D eigenvalue weighted by Crippen LogP contribution is 2.32. The summed E-state index contributed by atoms with van der Waals surface area (Å²) in [6.45, 7) is 3.88. The van der Waals surface area contributed by atoms with Crippen molar-refractivity contribution in [3.8, 4) is 0 Å². The van der Waals surface area contributed by atoms with Crippen LogP contribution in [0, 0.1) is 6.92 Å². The summed E-state index contributed by atoms with van der Waals surface area (Å²) >= 11 is 2.84. The van der Waals surface area contributed by atoms with Crippen molar-refractivity contribution in [2.75, 3.05) is 28.7 Å². The largest absolute Gasteiger partial charge is 0.476 e. The minimum atomic E-state index is -3.22. The van der Waals surface area contributed by atoms with E-state index in [1.165, 1.54) is 11.3 Å². The Morgan fingerprint density at radius 1 is 1.55 bits per heavy atom. The second-order valence-corrected chi connectivity index (χ2v) is 9.16. The molecule has 1 aromatic heterocycles. The Hall–Kier alpha value is -0.800. The number of hydrogen-bond acceptors (Lipinski definition) is 7. The molecule has 0 saturated carbocycles. The number of carboxylic acid groups (broad SMARTS) is 1. The highest BCUT2D eigenvalue weighted by Gasteiger charge is 2.35. The third-order valence-electron chi connectivity index (χ3n) is 3.14. The van der Waals surface area contributed by atoms with Crippen molar-refractivity contribution < 1.29 is 18.3 Å². The predicted molar refractivity (Wildman–Crippen MR) is 81.7 cm³/mol. The Morgan fingerprint density at radius 2 is 2.25 bits per heavy atom. The van der Waals surface area contributed by atoms with Crippen LogP contribution in [0.15, 0.2) is 0 Å². The molecule has 6 nitrogen and oxygen atoms in total. The molecule has 1 fully saturated rings. The van der Waals surface area contributed by atoms with E-state index in [0.29, 0.717) is 22.3 Å². The molecular weight excluding hydrogens is 320 g/mol. The molecule has 1 N–H and O–H groups in total. The molecule has 0 radical (unpaired) electrons. The number of aryl methyl sites for hydroxylation is 1. The summed E-state index contributed by atoms with van der Waals surface area (Å²) in [6.07, 6.45) is 0. The summed E-state index contributed by atoms with van der Waals surface area (Å²) in [6, 6.07) is 0. The molecular formula is C11H16N2O4S3. The average molecular weight is 336 g/mol. The van der Waals surface area contributed by atoms with E-state index in [2.05, 4.69) is 4.98 Å². The number of carbonyl (C=O) groups is 1. The number of carboxylic acids is 1. The van der Waals surface area contributed by atoms with Gasteiger partial charge in [-0.05, 0) is 6.92 Å². The van der Waals surface area contributed by atoms with Crippen molar-refractivity contribution in [3.63, 3.8) is 0 Å². The van der Waals surface area contributed by atoms with Crippen LogP contribution in [-0.2, 0) is 9.84 Å². The average Bonchev–Trinajstić information content (AvgIpc) is 2.81. The molecule has 0 aliphatic carbocycles. The van der Waals surface area contributed by atoms with Gasteiger partial charge in [-0.15, -0.1) is 11.3 Å². The molecule has 0 aromatic carbocycles. The van der Waals surface area contributed by atoms with E-state index in [4.69, 9.17) is 5.11 Å². The highest BCUT2D eigenvalue weighted by atomic mass is 32.2. The molecule has 9 heteroatoms. The summed E-state index contributed by atoms with van der Waals surface area (Å²) in [4.78, 5) is 17.5. The number of anilines is 1. The third kappa shape index (κ3) is 2.94. The van der Waals surface area contributed by atoms with Gasteiger partial charge in [0.05, 0.1) is 0 Å². The van der Waals surface area contributed by atoms with Crippen LogP contribution in [0.5, 0.6) is 0 Å². The maximum Gasteiger partial charge on any atom is 0.355 e. The van der Waals surface area contributed by atoms with E-state index in [9.17, 15) is 13.2 Å². The summed E-state index contributed by atoms with van der Waals surface area (Å²) in [5, 5.41) is 8.93. The zero-order chi connectivity index (χ0) is 14.9. The van der Waals surface area contributed by atoms with Crippen LogP contribution in [0.3, 0.4) is 0 Å². The van der Waals surface area contributed by atoms with Crippen LogP contribution in [-0.4, -0.2) is 53.7 Å². The van der Waals surface area contributed by atoms with E-state index in [-0.39, 0.29) is 11.4 Å². The van der Waals surface area contributed by atoms with Gasteiger partial charge >= 0.3 is 5.97 Å². The minimum Gasteiger partial charge on any atom is -0.476 e. The van der Waals surface area contributed by atoms with Gasteiger partial charge in [0.2, 0.25) is 0 Å². The predicted octanol–water partition coefficient (Wildman–Crippen LogP) is 1.46. The SMILES string of the molecule is CCS(=O)(=O)C1CSCCN1c1nc(C(=O)O)c(C)s1. The first-order valence-corrected chi connectivity index (χ1v) is 9.82. The lowest BCUT2D eigenvalue weighted by Gasteiger charge is -2.34. The number of hydrogen-bond donors (Lipinski definition) is 1. The molecule has 20 heavy (non-hydrogen) atoms.